The highest BCUT2D eigenvalue weighted by molar-refractivity contribution is 8.39. The molecule has 0 amide bonds. The minimum absolute atomic E-state index is 0.642. The highest BCUT2D eigenvalue weighted by Crippen LogP contribution is 2.53. The Balaban J connectivity index is 2.62. The maximum Gasteiger partial charge on any atom is 0.0548 e. The van der Waals surface area contributed by atoms with E-state index in [9.17, 15) is 0 Å². The predicted molar refractivity (Wildman–Crippen MR) is 53.4 cm³/mol. The van der Waals surface area contributed by atoms with E-state index in [-0.39, 0.29) is 0 Å². The Hall–Kier alpha value is -0.110. The standard InChI is InChI=1S/C8H6Cl2S/c9-7-5-11(10)8-4-2-1-3-6(7)8/h1-5,11H. The van der Waals surface area contributed by atoms with Crippen molar-refractivity contribution in [2.45, 2.75) is 4.90 Å². The van der Waals surface area contributed by atoms with Crippen molar-refractivity contribution in [2.75, 3.05) is 0 Å². The van der Waals surface area contributed by atoms with Gasteiger partial charge in [0.05, 0.1) is 5.03 Å². The van der Waals surface area contributed by atoms with Gasteiger partial charge in [-0.25, -0.2) is 0 Å². The molecule has 0 saturated carbocycles. The lowest BCUT2D eigenvalue weighted by molar-refractivity contribution is 1.44. The lowest BCUT2D eigenvalue weighted by Crippen LogP contribution is -1.74. The minimum Gasteiger partial charge on any atom is -0.125 e. The van der Waals surface area contributed by atoms with Crippen LogP contribution in [0.5, 0.6) is 0 Å². The first-order valence-electron chi connectivity index (χ1n) is 3.21. The Kier molecular flexibility index (Phi) is 1.88. The highest BCUT2D eigenvalue weighted by Gasteiger charge is 2.16. The molecule has 0 radical (unpaired) electrons. The average molecular weight is 205 g/mol. The van der Waals surface area contributed by atoms with Crippen LogP contribution in [0.2, 0.25) is 0 Å². The van der Waals surface area contributed by atoms with Crippen molar-refractivity contribution in [3.63, 3.8) is 0 Å². The summed E-state index contributed by atoms with van der Waals surface area (Å²) in [4.78, 5) is 1.18. The van der Waals surface area contributed by atoms with Crippen LogP contribution < -0.4 is 0 Å². The van der Waals surface area contributed by atoms with Crippen molar-refractivity contribution in [1.82, 2.24) is 0 Å². The van der Waals surface area contributed by atoms with Crippen molar-refractivity contribution in [2.24, 2.45) is 0 Å². The Bertz CT molecular complexity index is 320. The van der Waals surface area contributed by atoms with Crippen molar-refractivity contribution in [3.8, 4) is 0 Å². The summed E-state index contributed by atoms with van der Waals surface area (Å²) in [6.45, 7) is 0. The van der Waals surface area contributed by atoms with E-state index in [0.717, 1.165) is 10.6 Å². The van der Waals surface area contributed by atoms with Crippen LogP contribution in [0.4, 0.5) is 0 Å². The van der Waals surface area contributed by atoms with E-state index in [1.807, 2.05) is 29.7 Å². The maximum atomic E-state index is 6.04. The Morgan fingerprint density at radius 3 is 2.64 bits per heavy atom. The van der Waals surface area contributed by atoms with Gasteiger partial charge < -0.3 is 0 Å². The molecular weight excluding hydrogens is 199 g/mol. The number of rotatable bonds is 0. The van der Waals surface area contributed by atoms with E-state index >= 15 is 0 Å². The number of fused-ring (bicyclic) bond motifs is 1. The molecule has 0 spiro atoms. The van der Waals surface area contributed by atoms with Gasteiger partial charge in [0.2, 0.25) is 0 Å². The summed E-state index contributed by atoms with van der Waals surface area (Å²) in [5.41, 5.74) is 1.09. The van der Waals surface area contributed by atoms with Crippen LogP contribution in [0.1, 0.15) is 5.56 Å². The van der Waals surface area contributed by atoms with Crippen LogP contribution in [-0.2, 0) is 0 Å². The maximum absolute atomic E-state index is 6.04. The van der Waals surface area contributed by atoms with E-state index < -0.39 is 10.1 Å². The van der Waals surface area contributed by atoms with Gasteiger partial charge in [-0.1, -0.05) is 40.5 Å². The van der Waals surface area contributed by atoms with Gasteiger partial charge in [0, 0.05) is 10.5 Å². The molecule has 2 rings (SSSR count). The monoisotopic (exact) mass is 204 g/mol. The van der Waals surface area contributed by atoms with Gasteiger partial charge in [0.15, 0.2) is 0 Å². The molecule has 58 valence electrons. The van der Waals surface area contributed by atoms with Crippen LogP contribution >= 0.6 is 32.4 Å². The zero-order chi connectivity index (χ0) is 7.84. The first-order valence-corrected chi connectivity index (χ1v) is 5.90. The van der Waals surface area contributed by atoms with Crippen molar-refractivity contribution in [3.05, 3.63) is 35.2 Å². The molecule has 1 heterocycles. The van der Waals surface area contributed by atoms with Gasteiger partial charge in [0.25, 0.3) is 0 Å². The number of hydrogen-bond acceptors (Lipinski definition) is 0. The quantitative estimate of drug-likeness (QED) is 0.612. The fraction of sp³-hybridized carbons (Fsp3) is 0. The smallest absolute Gasteiger partial charge is 0.0548 e. The van der Waals surface area contributed by atoms with E-state index in [0.29, 0.717) is 0 Å². The highest BCUT2D eigenvalue weighted by atomic mass is 35.7. The number of thiol groups is 1. The van der Waals surface area contributed by atoms with Crippen LogP contribution in [0.25, 0.3) is 5.03 Å². The molecule has 1 unspecified atom stereocenters. The van der Waals surface area contributed by atoms with Gasteiger partial charge in [-0.2, -0.15) is 0 Å². The molecule has 1 aliphatic heterocycles. The Morgan fingerprint density at radius 2 is 1.91 bits per heavy atom. The molecule has 3 heteroatoms. The third-order valence-electron chi connectivity index (χ3n) is 1.62. The zero-order valence-electron chi connectivity index (χ0n) is 5.59. The van der Waals surface area contributed by atoms with Crippen LogP contribution in [0, 0.1) is 0 Å². The van der Waals surface area contributed by atoms with E-state index in [4.69, 9.17) is 22.3 Å². The molecule has 0 aromatic heterocycles. The molecule has 0 N–H and O–H groups in total. The zero-order valence-corrected chi connectivity index (χ0v) is 8.00. The second-order valence-electron chi connectivity index (χ2n) is 2.31. The molecule has 0 fully saturated rings. The summed E-state index contributed by atoms with van der Waals surface area (Å²) in [6, 6.07) is 7.99. The molecule has 0 aliphatic carbocycles. The second-order valence-corrected chi connectivity index (χ2v) is 5.17. The minimum atomic E-state index is -0.642. The normalized spacial score (nSPS) is 24.5. The lowest BCUT2D eigenvalue weighted by atomic mass is 10.2. The van der Waals surface area contributed by atoms with Gasteiger partial charge in [-0.15, -0.1) is 10.1 Å². The van der Waals surface area contributed by atoms with E-state index in [1.54, 1.807) is 0 Å². The SMILES string of the molecule is ClC1=C[SH](Cl)c2ccccc21. The van der Waals surface area contributed by atoms with Crippen molar-refractivity contribution in [1.29, 1.82) is 0 Å². The van der Waals surface area contributed by atoms with E-state index in [1.165, 1.54) is 4.90 Å². The second kappa shape index (κ2) is 2.74. The topological polar surface area (TPSA) is 0 Å². The molecule has 1 aromatic carbocycles. The molecule has 1 aromatic rings. The van der Waals surface area contributed by atoms with Gasteiger partial charge in [-0.05, 0) is 11.5 Å². The van der Waals surface area contributed by atoms with Crippen molar-refractivity contribution >= 4 is 37.4 Å². The summed E-state index contributed by atoms with van der Waals surface area (Å²) >= 11 is 5.93. The summed E-state index contributed by atoms with van der Waals surface area (Å²) in [5, 5.41) is 2.71. The predicted octanol–water partition coefficient (Wildman–Crippen LogP) is 3.75. The summed E-state index contributed by atoms with van der Waals surface area (Å²) < 4.78 is 0. The molecular formula is C8H6Cl2S. The average Bonchev–Trinajstić information content (AvgIpc) is 2.30. The van der Waals surface area contributed by atoms with Crippen LogP contribution in [0.15, 0.2) is 34.6 Å². The summed E-state index contributed by atoms with van der Waals surface area (Å²) in [7, 11) is 5.40. The number of benzene rings is 1. The lowest BCUT2D eigenvalue weighted by Gasteiger charge is -2.03. The first kappa shape index (κ1) is 7.53. The summed E-state index contributed by atoms with van der Waals surface area (Å²) in [6.07, 6.45) is 0. The van der Waals surface area contributed by atoms with Crippen molar-refractivity contribution < 1.29 is 0 Å². The third-order valence-corrected chi connectivity index (χ3v) is 4.26. The molecule has 0 bridgehead atoms. The Morgan fingerprint density at radius 1 is 1.18 bits per heavy atom. The Labute approximate surface area is 77.7 Å². The molecule has 1 aliphatic rings. The van der Waals surface area contributed by atoms with Gasteiger partial charge >= 0.3 is 0 Å². The molecule has 1 atom stereocenters. The fourth-order valence-electron chi connectivity index (χ4n) is 1.10. The molecule has 0 saturated heterocycles. The summed E-state index contributed by atoms with van der Waals surface area (Å²) in [5.74, 6) is 0. The number of halogens is 2. The molecule has 11 heavy (non-hydrogen) atoms. The first-order chi connectivity index (χ1) is 5.29. The van der Waals surface area contributed by atoms with Crippen LogP contribution in [0.3, 0.4) is 0 Å². The van der Waals surface area contributed by atoms with Gasteiger partial charge in [-0.3, -0.25) is 0 Å². The largest absolute Gasteiger partial charge is 0.125 e. The number of hydrogen-bond donors (Lipinski definition) is 1. The third kappa shape index (κ3) is 1.18. The van der Waals surface area contributed by atoms with E-state index in [2.05, 4.69) is 0 Å². The fourth-order valence-corrected chi connectivity index (χ4v) is 3.64. The van der Waals surface area contributed by atoms with Gasteiger partial charge in [0.1, 0.15) is 0 Å². The molecule has 0 nitrogen and oxygen atoms in total. The van der Waals surface area contributed by atoms with Crippen LogP contribution in [-0.4, -0.2) is 0 Å².